The largest absolute Gasteiger partial charge is 0.334 e. The first-order chi connectivity index (χ1) is 14.2. The highest BCUT2D eigenvalue weighted by atomic mass is 16.2. The van der Waals surface area contributed by atoms with Crippen LogP contribution >= 0.6 is 0 Å². The lowest BCUT2D eigenvalue weighted by atomic mass is 10.0. The maximum Gasteiger partial charge on any atom is 0.319 e. The number of nitrogens with one attached hydrogen (secondary N) is 3. The van der Waals surface area contributed by atoms with E-state index in [0.717, 1.165) is 29.7 Å². The molecular weight excluding hydrogens is 366 g/mol. The number of carbonyl (C=O) groups is 2. The van der Waals surface area contributed by atoms with E-state index < -0.39 is 0 Å². The van der Waals surface area contributed by atoms with E-state index in [1.165, 1.54) is 12.8 Å². The third kappa shape index (κ3) is 5.13. The topological polar surface area (TPSA) is 87.5 Å². The second-order valence-electron chi connectivity index (χ2n) is 7.52. The fraction of sp³-hybridized carbons (Fsp3) is 0.318. The van der Waals surface area contributed by atoms with Crippen LogP contribution in [0.1, 0.15) is 37.7 Å². The van der Waals surface area contributed by atoms with Gasteiger partial charge in [-0.2, -0.15) is 0 Å². The molecule has 3 N–H and O–H groups in total. The van der Waals surface area contributed by atoms with Crippen LogP contribution in [0, 0.1) is 5.92 Å². The van der Waals surface area contributed by atoms with Crippen LogP contribution in [0.4, 0.5) is 16.2 Å². The zero-order valence-corrected chi connectivity index (χ0v) is 16.2. The first-order valence-corrected chi connectivity index (χ1v) is 10.0. The molecule has 3 aromatic rings. The van der Waals surface area contributed by atoms with E-state index in [2.05, 4.69) is 20.9 Å². The number of aromatic nitrogens is 2. The van der Waals surface area contributed by atoms with Gasteiger partial charge in [0.05, 0.1) is 0 Å². The van der Waals surface area contributed by atoms with Crippen LogP contribution in [0.15, 0.2) is 55.0 Å². The van der Waals surface area contributed by atoms with Gasteiger partial charge in [0.25, 0.3) is 0 Å². The highest BCUT2D eigenvalue weighted by Crippen LogP contribution is 2.27. The second-order valence-corrected chi connectivity index (χ2v) is 7.52. The fourth-order valence-electron chi connectivity index (χ4n) is 3.75. The Labute approximate surface area is 169 Å². The molecule has 2 heterocycles. The normalized spacial score (nSPS) is 14.1. The summed E-state index contributed by atoms with van der Waals surface area (Å²) >= 11 is 0. The standard InChI is InChI=1S/C22H25N5O2/c28-21(14-16-3-1-2-4-16)25-18-5-7-19(8-6-18)26-22(29)24-15-17-9-11-27-12-10-23-20(27)13-17/h5-13,16H,1-4,14-15H2,(H,25,28)(H2,24,26,29). The highest BCUT2D eigenvalue weighted by molar-refractivity contribution is 5.92. The number of hydrogen-bond donors (Lipinski definition) is 3. The summed E-state index contributed by atoms with van der Waals surface area (Å²) < 4.78 is 1.91. The number of hydrogen-bond acceptors (Lipinski definition) is 3. The number of nitrogens with zero attached hydrogens (tertiary/aromatic N) is 2. The third-order valence-corrected chi connectivity index (χ3v) is 5.29. The molecule has 1 fully saturated rings. The van der Waals surface area contributed by atoms with Gasteiger partial charge in [0.15, 0.2) is 0 Å². The molecule has 7 heteroatoms. The Kier molecular flexibility index (Phi) is 5.74. The van der Waals surface area contributed by atoms with Crippen molar-refractivity contribution in [2.24, 2.45) is 5.92 Å². The summed E-state index contributed by atoms with van der Waals surface area (Å²) in [7, 11) is 0. The maximum atomic E-state index is 12.1. The molecule has 0 atom stereocenters. The van der Waals surface area contributed by atoms with Gasteiger partial charge in [0.1, 0.15) is 5.65 Å². The van der Waals surface area contributed by atoms with Gasteiger partial charge in [-0.05, 0) is 60.7 Å². The Morgan fingerprint density at radius 1 is 1.00 bits per heavy atom. The van der Waals surface area contributed by atoms with Gasteiger partial charge in [0, 0.05) is 42.9 Å². The number of amides is 3. The number of fused-ring (bicyclic) bond motifs is 1. The van der Waals surface area contributed by atoms with Crippen molar-refractivity contribution in [1.82, 2.24) is 14.7 Å². The van der Waals surface area contributed by atoms with E-state index in [1.54, 1.807) is 30.5 Å². The van der Waals surface area contributed by atoms with Gasteiger partial charge in [-0.3, -0.25) is 4.79 Å². The minimum absolute atomic E-state index is 0.0600. The number of rotatable bonds is 6. The molecule has 1 aliphatic carbocycles. The fourth-order valence-corrected chi connectivity index (χ4v) is 3.75. The summed E-state index contributed by atoms with van der Waals surface area (Å²) in [4.78, 5) is 28.5. The highest BCUT2D eigenvalue weighted by Gasteiger charge is 2.18. The van der Waals surface area contributed by atoms with Gasteiger partial charge in [0.2, 0.25) is 5.91 Å². The van der Waals surface area contributed by atoms with Crippen molar-refractivity contribution in [3.63, 3.8) is 0 Å². The quantitative estimate of drug-likeness (QED) is 0.589. The summed E-state index contributed by atoms with van der Waals surface area (Å²) in [5, 5.41) is 8.57. The van der Waals surface area contributed by atoms with E-state index in [9.17, 15) is 9.59 Å². The lowest BCUT2D eigenvalue weighted by Crippen LogP contribution is -2.28. The molecule has 0 spiro atoms. The lowest BCUT2D eigenvalue weighted by Gasteiger charge is -2.11. The molecule has 1 aromatic carbocycles. The second kappa shape index (κ2) is 8.77. The smallest absolute Gasteiger partial charge is 0.319 e. The van der Waals surface area contributed by atoms with Crippen molar-refractivity contribution in [1.29, 1.82) is 0 Å². The molecule has 3 amide bonds. The monoisotopic (exact) mass is 391 g/mol. The Balaban J connectivity index is 1.24. The van der Waals surface area contributed by atoms with Crippen molar-refractivity contribution in [3.8, 4) is 0 Å². The first kappa shape index (κ1) is 19.0. The van der Waals surface area contributed by atoms with E-state index in [1.807, 2.05) is 28.9 Å². The number of urea groups is 1. The van der Waals surface area contributed by atoms with Crippen LogP contribution in [0.25, 0.3) is 5.65 Å². The molecule has 29 heavy (non-hydrogen) atoms. The van der Waals surface area contributed by atoms with Crippen molar-refractivity contribution in [2.75, 3.05) is 10.6 Å². The van der Waals surface area contributed by atoms with Crippen LogP contribution in [0.5, 0.6) is 0 Å². The molecule has 4 rings (SSSR count). The summed E-state index contributed by atoms with van der Waals surface area (Å²) in [5.41, 5.74) is 3.22. The molecule has 0 saturated heterocycles. The molecule has 0 aliphatic heterocycles. The van der Waals surface area contributed by atoms with Crippen molar-refractivity contribution >= 4 is 29.0 Å². The molecule has 7 nitrogen and oxygen atoms in total. The van der Waals surface area contributed by atoms with Crippen LogP contribution in [0.3, 0.4) is 0 Å². The molecule has 2 aromatic heterocycles. The van der Waals surface area contributed by atoms with Crippen molar-refractivity contribution in [2.45, 2.75) is 38.6 Å². The average Bonchev–Trinajstić information content (AvgIpc) is 3.39. The van der Waals surface area contributed by atoms with E-state index in [4.69, 9.17) is 0 Å². The lowest BCUT2D eigenvalue weighted by molar-refractivity contribution is -0.117. The van der Waals surface area contributed by atoms with Crippen LogP contribution in [-0.4, -0.2) is 21.3 Å². The molecule has 0 bridgehead atoms. The number of pyridine rings is 1. The zero-order chi connectivity index (χ0) is 20.1. The van der Waals surface area contributed by atoms with E-state index in [-0.39, 0.29) is 11.9 Å². The summed E-state index contributed by atoms with van der Waals surface area (Å²) in [5.74, 6) is 0.582. The van der Waals surface area contributed by atoms with Crippen molar-refractivity contribution in [3.05, 3.63) is 60.6 Å². The number of benzene rings is 1. The van der Waals surface area contributed by atoms with Gasteiger partial charge < -0.3 is 20.4 Å². The van der Waals surface area contributed by atoms with E-state index in [0.29, 0.717) is 24.6 Å². The Hall–Kier alpha value is -3.35. The summed E-state index contributed by atoms with van der Waals surface area (Å²) in [6, 6.07) is 10.7. The Bertz CT molecular complexity index is 990. The van der Waals surface area contributed by atoms with Crippen LogP contribution < -0.4 is 16.0 Å². The van der Waals surface area contributed by atoms with Gasteiger partial charge in [-0.15, -0.1) is 0 Å². The van der Waals surface area contributed by atoms with Crippen LogP contribution in [-0.2, 0) is 11.3 Å². The molecule has 1 aliphatic rings. The molecule has 0 unspecified atom stereocenters. The molecule has 1 saturated carbocycles. The summed E-state index contributed by atoms with van der Waals surface area (Å²) in [6.07, 6.45) is 10.9. The van der Waals surface area contributed by atoms with Crippen molar-refractivity contribution < 1.29 is 9.59 Å². The number of anilines is 2. The minimum Gasteiger partial charge on any atom is -0.334 e. The van der Waals surface area contributed by atoms with Gasteiger partial charge in [-0.25, -0.2) is 9.78 Å². The number of imidazole rings is 1. The molecular formula is C22H25N5O2. The molecule has 0 radical (unpaired) electrons. The third-order valence-electron chi connectivity index (χ3n) is 5.29. The average molecular weight is 391 g/mol. The SMILES string of the molecule is O=C(CC1CCCC1)Nc1ccc(NC(=O)NCc2ccn3ccnc3c2)cc1. The summed E-state index contributed by atoms with van der Waals surface area (Å²) in [6.45, 7) is 0.407. The Morgan fingerprint density at radius 3 is 2.48 bits per heavy atom. The number of carbonyl (C=O) groups excluding carboxylic acids is 2. The van der Waals surface area contributed by atoms with E-state index >= 15 is 0 Å². The first-order valence-electron chi connectivity index (χ1n) is 10.0. The van der Waals surface area contributed by atoms with Gasteiger partial charge in [-0.1, -0.05) is 12.8 Å². The molecule has 150 valence electrons. The zero-order valence-electron chi connectivity index (χ0n) is 16.2. The predicted octanol–water partition coefficient (Wildman–Crippen LogP) is 4.17. The minimum atomic E-state index is -0.286. The van der Waals surface area contributed by atoms with Gasteiger partial charge >= 0.3 is 6.03 Å². The predicted molar refractivity (Wildman–Crippen MR) is 113 cm³/mol. The maximum absolute atomic E-state index is 12.1. The Morgan fingerprint density at radius 2 is 1.72 bits per heavy atom. The van der Waals surface area contributed by atoms with Crippen LogP contribution in [0.2, 0.25) is 0 Å².